The quantitative estimate of drug-likeness (QED) is 0.623. The van der Waals surface area contributed by atoms with Crippen molar-refractivity contribution in [2.75, 3.05) is 6.61 Å². The molecule has 1 aliphatic heterocycles. The molecule has 0 amide bonds. The number of ether oxygens (including phenoxy) is 3. The number of aromatic amines is 1. The van der Waals surface area contributed by atoms with Gasteiger partial charge in [0, 0.05) is 11.3 Å². The second kappa shape index (κ2) is 8.44. The third-order valence-corrected chi connectivity index (χ3v) is 5.37. The van der Waals surface area contributed by atoms with Crippen molar-refractivity contribution < 1.29 is 14.2 Å². The van der Waals surface area contributed by atoms with Gasteiger partial charge in [0.1, 0.15) is 18.2 Å². The largest absolute Gasteiger partial charge is 0.490 e. The Morgan fingerprint density at radius 1 is 1.16 bits per heavy atom. The van der Waals surface area contributed by atoms with Crippen LogP contribution >= 0.6 is 0 Å². The average Bonchev–Trinajstić information content (AvgIpc) is 3.13. The van der Waals surface area contributed by atoms with Crippen LogP contribution in [-0.2, 0) is 6.61 Å². The van der Waals surface area contributed by atoms with Crippen LogP contribution < -0.4 is 19.9 Å². The lowest BCUT2D eigenvalue weighted by Crippen LogP contribution is -2.21. The molecule has 7 heteroatoms. The smallest absolute Gasteiger partial charge is 0.244 e. The fourth-order valence-corrected chi connectivity index (χ4v) is 3.75. The number of rotatable bonds is 6. The summed E-state index contributed by atoms with van der Waals surface area (Å²) in [5.74, 6) is 1.29. The Morgan fingerprint density at radius 3 is 2.71 bits per heavy atom. The van der Waals surface area contributed by atoms with Crippen LogP contribution in [0.2, 0.25) is 0 Å². The maximum Gasteiger partial charge on any atom is 0.244 e. The molecule has 2 heterocycles. The number of allylic oxidation sites excluding steroid dienone is 1. The van der Waals surface area contributed by atoms with Crippen LogP contribution in [0.15, 0.2) is 53.9 Å². The van der Waals surface area contributed by atoms with Crippen molar-refractivity contribution in [3.8, 4) is 23.4 Å². The van der Waals surface area contributed by atoms with Crippen LogP contribution in [0.5, 0.6) is 17.4 Å². The number of nitriles is 1. The van der Waals surface area contributed by atoms with Crippen molar-refractivity contribution in [3.05, 3.63) is 81.9 Å². The fraction of sp³-hybridized carbons (Fsp3) is 0.250. The molecule has 1 aromatic heterocycles. The highest BCUT2D eigenvalue weighted by Gasteiger charge is 2.34. The minimum absolute atomic E-state index is 0.0596. The van der Waals surface area contributed by atoms with Crippen molar-refractivity contribution in [1.82, 2.24) is 10.2 Å². The number of hydrogen-bond acceptors (Lipinski definition) is 6. The van der Waals surface area contributed by atoms with Gasteiger partial charge in [-0.3, -0.25) is 5.10 Å². The Labute approximate surface area is 181 Å². The predicted molar refractivity (Wildman–Crippen MR) is 116 cm³/mol. The van der Waals surface area contributed by atoms with Gasteiger partial charge in [0.15, 0.2) is 11.5 Å². The van der Waals surface area contributed by atoms with Crippen molar-refractivity contribution in [3.63, 3.8) is 0 Å². The number of benzene rings is 2. The molecule has 2 aromatic carbocycles. The number of aryl methyl sites for hydroxylation is 2. The number of nitrogens with zero attached hydrogens (tertiary/aromatic N) is 2. The van der Waals surface area contributed by atoms with E-state index in [0.717, 1.165) is 22.4 Å². The minimum Gasteiger partial charge on any atom is -0.490 e. The molecule has 0 saturated carbocycles. The Kier molecular flexibility index (Phi) is 5.54. The summed E-state index contributed by atoms with van der Waals surface area (Å²) in [7, 11) is 0. The SMILES string of the molecule is CCOc1cc([C@H]2C(C#N)=C(N)Oc3n[nH]c(C)c32)ccc1OCc1ccccc1C. The Bertz CT molecular complexity index is 1190. The molecule has 4 rings (SSSR count). The molecule has 0 bridgehead atoms. The first-order valence-electron chi connectivity index (χ1n) is 10.1. The first-order valence-corrected chi connectivity index (χ1v) is 10.1. The zero-order chi connectivity index (χ0) is 22.0. The van der Waals surface area contributed by atoms with Crippen molar-refractivity contribution >= 4 is 0 Å². The zero-order valence-electron chi connectivity index (χ0n) is 17.7. The molecule has 7 nitrogen and oxygen atoms in total. The number of H-pyrrole nitrogens is 1. The molecule has 0 unspecified atom stereocenters. The minimum atomic E-state index is -0.405. The highest BCUT2D eigenvalue weighted by Crippen LogP contribution is 2.44. The van der Waals surface area contributed by atoms with Crippen LogP contribution in [0.4, 0.5) is 0 Å². The molecule has 31 heavy (non-hydrogen) atoms. The van der Waals surface area contributed by atoms with Gasteiger partial charge < -0.3 is 19.9 Å². The summed E-state index contributed by atoms with van der Waals surface area (Å²) in [6.45, 7) is 6.79. The fourth-order valence-electron chi connectivity index (χ4n) is 3.75. The van der Waals surface area contributed by atoms with Gasteiger partial charge in [0.25, 0.3) is 0 Å². The lowest BCUT2D eigenvalue weighted by molar-refractivity contribution is 0.268. The highest BCUT2D eigenvalue weighted by atomic mass is 16.5. The Morgan fingerprint density at radius 2 is 1.97 bits per heavy atom. The van der Waals surface area contributed by atoms with E-state index in [2.05, 4.69) is 29.3 Å². The van der Waals surface area contributed by atoms with Gasteiger partial charge in [-0.1, -0.05) is 30.3 Å². The second-order valence-corrected chi connectivity index (χ2v) is 7.35. The van der Waals surface area contributed by atoms with E-state index in [0.29, 0.717) is 36.2 Å². The van der Waals surface area contributed by atoms with Crippen molar-refractivity contribution in [2.45, 2.75) is 33.3 Å². The van der Waals surface area contributed by atoms with Gasteiger partial charge in [-0.2, -0.15) is 5.26 Å². The summed E-state index contributed by atoms with van der Waals surface area (Å²) < 4.78 is 17.5. The molecular weight excluding hydrogens is 392 g/mol. The van der Waals surface area contributed by atoms with Crippen LogP contribution in [0.3, 0.4) is 0 Å². The van der Waals surface area contributed by atoms with E-state index in [1.54, 1.807) is 0 Å². The first-order chi connectivity index (χ1) is 15.0. The molecule has 0 radical (unpaired) electrons. The molecule has 0 aliphatic carbocycles. The second-order valence-electron chi connectivity index (χ2n) is 7.35. The summed E-state index contributed by atoms with van der Waals surface area (Å²) in [4.78, 5) is 0. The van der Waals surface area contributed by atoms with E-state index >= 15 is 0 Å². The summed E-state index contributed by atoms with van der Waals surface area (Å²) in [5, 5.41) is 16.8. The highest BCUT2D eigenvalue weighted by molar-refractivity contribution is 5.57. The summed E-state index contributed by atoms with van der Waals surface area (Å²) in [5.41, 5.74) is 11.1. The zero-order valence-corrected chi connectivity index (χ0v) is 17.7. The van der Waals surface area contributed by atoms with E-state index in [1.165, 1.54) is 5.56 Å². The molecule has 0 saturated heterocycles. The Balaban J connectivity index is 1.71. The normalized spacial score (nSPS) is 15.1. The lowest BCUT2D eigenvalue weighted by Gasteiger charge is -2.24. The van der Waals surface area contributed by atoms with Crippen molar-refractivity contribution in [2.24, 2.45) is 5.73 Å². The molecule has 0 spiro atoms. The third-order valence-electron chi connectivity index (χ3n) is 5.37. The molecule has 1 atom stereocenters. The maximum atomic E-state index is 9.76. The van der Waals surface area contributed by atoms with Crippen LogP contribution in [0.1, 0.15) is 40.8 Å². The number of nitrogens with one attached hydrogen (secondary N) is 1. The Hall–Kier alpha value is -3.92. The number of fused-ring (bicyclic) bond motifs is 1. The molecule has 0 fully saturated rings. The standard InChI is InChI=1S/C24H24N4O3/c1-4-29-20-11-16(9-10-19(20)30-13-17-8-6-5-7-14(17)2)22-18(12-25)23(26)31-24-21(22)15(3)27-28-24/h5-11,22H,4,13,26H2,1-3H3,(H,27,28)/t22-/m0/s1. The van der Waals surface area contributed by atoms with E-state index < -0.39 is 5.92 Å². The van der Waals surface area contributed by atoms with Gasteiger partial charge >= 0.3 is 0 Å². The molecule has 3 N–H and O–H groups in total. The topological polar surface area (TPSA) is 106 Å². The van der Waals surface area contributed by atoms with Crippen molar-refractivity contribution in [1.29, 1.82) is 5.26 Å². The number of hydrogen-bond donors (Lipinski definition) is 2. The van der Waals surface area contributed by atoms with Crippen LogP contribution in [0.25, 0.3) is 0 Å². The van der Waals surface area contributed by atoms with Crippen LogP contribution in [-0.4, -0.2) is 16.8 Å². The van der Waals surface area contributed by atoms with Gasteiger partial charge in [0.2, 0.25) is 11.8 Å². The van der Waals surface area contributed by atoms with Gasteiger partial charge in [0.05, 0.1) is 12.5 Å². The number of nitrogens with two attached hydrogens (primary N) is 1. The average molecular weight is 416 g/mol. The van der Waals surface area contributed by atoms with E-state index in [4.69, 9.17) is 19.9 Å². The molecular formula is C24H24N4O3. The number of aromatic nitrogens is 2. The molecule has 158 valence electrons. The maximum absolute atomic E-state index is 9.76. The predicted octanol–water partition coefficient (Wildman–Crippen LogP) is 4.22. The van der Waals surface area contributed by atoms with Crippen LogP contribution in [0, 0.1) is 25.2 Å². The molecule has 1 aliphatic rings. The first kappa shape index (κ1) is 20.4. The summed E-state index contributed by atoms with van der Waals surface area (Å²) >= 11 is 0. The van der Waals surface area contributed by atoms with Gasteiger partial charge in [-0.25, -0.2) is 0 Å². The lowest BCUT2D eigenvalue weighted by atomic mass is 9.84. The van der Waals surface area contributed by atoms with Gasteiger partial charge in [-0.05, 0) is 49.6 Å². The third kappa shape index (κ3) is 3.80. The summed E-state index contributed by atoms with van der Waals surface area (Å²) in [6, 6.07) is 16.0. The van der Waals surface area contributed by atoms with E-state index in [-0.39, 0.29) is 5.88 Å². The van der Waals surface area contributed by atoms with Gasteiger partial charge in [-0.15, -0.1) is 5.10 Å². The van der Waals surface area contributed by atoms with E-state index in [1.807, 2.05) is 50.2 Å². The summed E-state index contributed by atoms with van der Waals surface area (Å²) in [6.07, 6.45) is 0. The molecule has 3 aromatic rings. The monoisotopic (exact) mass is 416 g/mol. The van der Waals surface area contributed by atoms with E-state index in [9.17, 15) is 5.26 Å².